The average Bonchev–Trinajstić information content (AvgIpc) is 3.40. The van der Waals surface area contributed by atoms with E-state index in [0.29, 0.717) is 19.4 Å². The van der Waals surface area contributed by atoms with Crippen molar-refractivity contribution in [2.45, 2.75) is 89.3 Å². The lowest BCUT2D eigenvalue weighted by Gasteiger charge is -2.42. The van der Waals surface area contributed by atoms with Crippen LogP contribution in [0.1, 0.15) is 70.1 Å². The van der Waals surface area contributed by atoms with Gasteiger partial charge in [0.2, 0.25) is 11.8 Å². The largest absolute Gasteiger partial charge is 0.376 e. The first kappa shape index (κ1) is 21.3. The van der Waals surface area contributed by atoms with E-state index in [2.05, 4.69) is 5.32 Å². The standard InChI is InChI=1S/C22H34N2O3S/c1-3-22(2,21(26)23-17-9-5-4-6-10-17)24(16-18-11-7-13-27-18)20(25)15-19-12-8-14-28-19/h8,12,14,17-18H,3-7,9-11,13,15-16H2,1-2H3,(H,23,26)/t18-,22+/m0/s1. The molecule has 28 heavy (non-hydrogen) atoms. The van der Waals surface area contributed by atoms with Crippen LogP contribution in [-0.2, 0) is 20.7 Å². The molecule has 156 valence electrons. The van der Waals surface area contributed by atoms with Crippen LogP contribution in [0.3, 0.4) is 0 Å². The van der Waals surface area contributed by atoms with Crippen molar-refractivity contribution in [3.05, 3.63) is 22.4 Å². The minimum Gasteiger partial charge on any atom is -0.376 e. The van der Waals surface area contributed by atoms with Gasteiger partial charge in [-0.2, -0.15) is 0 Å². The maximum Gasteiger partial charge on any atom is 0.245 e. The molecule has 2 fully saturated rings. The molecule has 1 saturated heterocycles. The summed E-state index contributed by atoms with van der Waals surface area (Å²) in [4.78, 5) is 29.5. The number of nitrogens with zero attached hydrogens (tertiary/aromatic N) is 1. The molecule has 1 N–H and O–H groups in total. The summed E-state index contributed by atoms with van der Waals surface area (Å²) in [6.07, 6.45) is 8.62. The van der Waals surface area contributed by atoms with Gasteiger partial charge in [-0.3, -0.25) is 9.59 Å². The zero-order valence-electron chi connectivity index (χ0n) is 17.2. The van der Waals surface area contributed by atoms with Gasteiger partial charge in [-0.05, 0) is 50.5 Å². The number of rotatable bonds is 8. The van der Waals surface area contributed by atoms with E-state index < -0.39 is 5.54 Å². The summed E-state index contributed by atoms with van der Waals surface area (Å²) in [6.45, 7) is 5.16. The Kier molecular flexibility index (Phi) is 7.52. The van der Waals surface area contributed by atoms with E-state index in [-0.39, 0.29) is 24.0 Å². The van der Waals surface area contributed by atoms with Crippen molar-refractivity contribution in [2.24, 2.45) is 0 Å². The molecule has 1 saturated carbocycles. The zero-order valence-corrected chi connectivity index (χ0v) is 18.1. The summed E-state index contributed by atoms with van der Waals surface area (Å²) >= 11 is 1.59. The molecule has 1 aromatic heterocycles. The lowest BCUT2D eigenvalue weighted by molar-refractivity contribution is -0.149. The van der Waals surface area contributed by atoms with E-state index in [4.69, 9.17) is 4.74 Å². The smallest absolute Gasteiger partial charge is 0.245 e. The van der Waals surface area contributed by atoms with Crippen LogP contribution in [-0.4, -0.2) is 47.6 Å². The molecule has 1 aliphatic heterocycles. The first-order valence-electron chi connectivity index (χ1n) is 10.8. The molecule has 2 amide bonds. The number of carbonyl (C=O) groups is 2. The molecule has 0 spiro atoms. The molecule has 3 rings (SSSR count). The predicted octanol–water partition coefficient (Wildman–Crippen LogP) is 3.92. The molecule has 5 nitrogen and oxygen atoms in total. The number of hydrogen-bond donors (Lipinski definition) is 1. The molecule has 0 radical (unpaired) electrons. The molecule has 2 heterocycles. The number of hydrogen-bond acceptors (Lipinski definition) is 4. The van der Waals surface area contributed by atoms with Crippen molar-refractivity contribution in [3.63, 3.8) is 0 Å². The Balaban J connectivity index is 1.76. The molecule has 1 aliphatic carbocycles. The van der Waals surface area contributed by atoms with Gasteiger partial charge in [0.25, 0.3) is 0 Å². The Bertz CT molecular complexity index is 636. The van der Waals surface area contributed by atoms with Gasteiger partial charge >= 0.3 is 0 Å². The summed E-state index contributed by atoms with van der Waals surface area (Å²) in [7, 11) is 0. The third-order valence-electron chi connectivity index (χ3n) is 6.33. The average molecular weight is 407 g/mol. The Morgan fingerprint density at radius 3 is 2.64 bits per heavy atom. The maximum atomic E-state index is 13.3. The van der Waals surface area contributed by atoms with E-state index in [1.54, 1.807) is 16.2 Å². The highest BCUT2D eigenvalue weighted by Gasteiger charge is 2.42. The van der Waals surface area contributed by atoms with Gasteiger partial charge in [0.15, 0.2) is 0 Å². The van der Waals surface area contributed by atoms with Crippen molar-refractivity contribution < 1.29 is 14.3 Å². The Morgan fingerprint density at radius 1 is 1.25 bits per heavy atom. The zero-order chi connectivity index (χ0) is 20.0. The summed E-state index contributed by atoms with van der Waals surface area (Å²) in [5.74, 6) is 0.000482. The first-order chi connectivity index (χ1) is 13.5. The predicted molar refractivity (Wildman–Crippen MR) is 112 cm³/mol. The summed E-state index contributed by atoms with van der Waals surface area (Å²) in [5.41, 5.74) is -0.849. The van der Waals surface area contributed by atoms with Gasteiger partial charge in [0.1, 0.15) is 5.54 Å². The summed E-state index contributed by atoms with van der Waals surface area (Å²) < 4.78 is 5.82. The van der Waals surface area contributed by atoms with Crippen molar-refractivity contribution in [1.82, 2.24) is 10.2 Å². The highest BCUT2D eigenvalue weighted by molar-refractivity contribution is 7.10. The van der Waals surface area contributed by atoms with Crippen LogP contribution < -0.4 is 5.32 Å². The molecule has 0 unspecified atom stereocenters. The molecule has 2 atom stereocenters. The molecule has 1 aromatic rings. The van der Waals surface area contributed by atoms with Crippen LogP contribution in [0.15, 0.2) is 17.5 Å². The SMILES string of the molecule is CC[C@](C)(C(=O)NC1CCCCC1)N(C[C@@H]1CCCO1)C(=O)Cc1cccs1. The molecule has 2 aliphatic rings. The van der Waals surface area contributed by atoms with Gasteiger partial charge in [-0.1, -0.05) is 32.3 Å². The number of carbonyl (C=O) groups excluding carboxylic acids is 2. The number of nitrogens with one attached hydrogen (secondary N) is 1. The fourth-order valence-electron chi connectivity index (χ4n) is 4.29. The normalized spacial score (nSPS) is 22.6. The van der Waals surface area contributed by atoms with Crippen molar-refractivity contribution in [2.75, 3.05) is 13.2 Å². The number of amides is 2. The second-order valence-electron chi connectivity index (χ2n) is 8.33. The maximum absolute atomic E-state index is 13.3. The number of thiophene rings is 1. The lowest BCUT2D eigenvalue weighted by Crippen LogP contribution is -2.61. The Labute approximate surface area is 172 Å². The fraction of sp³-hybridized carbons (Fsp3) is 0.727. The van der Waals surface area contributed by atoms with E-state index >= 15 is 0 Å². The molecule has 0 bridgehead atoms. The second kappa shape index (κ2) is 9.88. The minimum absolute atomic E-state index is 0.0144. The van der Waals surface area contributed by atoms with Crippen molar-refractivity contribution >= 4 is 23.2 Å². The summed E-state index contributed by atoms with van der Waals surface area (Å²) in [6, 6.07) is 4.19. The van der Waals surface area contributed by atoms with Crippen LogP contribution in [0, 0.1) is 0 Å². The quantitative estimate of drug-likeness (QED) is 0.712. The Morgan fingerprint density at radius 2 is 2.04 bits per heavy atom. The van der Waals surface area contributed by atoms with Gasteiger partial charge in [-0.15, -0.1) is 11.3 Å². The van der Waals surface area contributed by atoms with E-state index in [9.17, 15) is 9.59 Å². The van der Waals surface area contributed by atoms with Crippen LogP contribution >= 0.6 is 11.3 Å². The molecule has 0 aromatic carbocycles. The van der Waals surface area contributed by atoms with Gasteiger partial charge in [-0.25, -0.2) is 0 Å². The first-order valence-corrected chi connectivity index (χ1v) is 11.7. The third-order valence-corrected chi connectivity index (χ3v) is 7.21. The molecular weight excluding hydrogens is 372 g/mol. The van der Waals surface area contributed by atoms with Crippen LogP contribution in [0.25, 0.3) is 0 Å². The molecule has 6 heteroatoms. The lowest BCUT2D eigenvalue weighted by atomic mass is 9.90. The van der Waals surface area contributed by atoms with E-state index in [0.717, 1.165) is 37.2 Å². The fourth-order valence-corrected chi connectivity index (χ4v) is 4.99. The van der Waals surface area contributed by atoms with Crippen LogP contribution in [0.5, 0.6) is 0 Å². The highest BCUT2D eigenvalue weighted by Crippen LogP contribution is 2.27. The topological polar surface area (TPSA) is 58.6 Å². The third kappa shape index (κ3) is 5.15. The summed E-state index contributed by atoms with van der Waals surface area (Å²) in [5, 5.41) is 5.25. The van der Waals surface area contributed by atoms with Crippen LogP contribution in [0.2, 0.25) is 0 Å². The molecular formula is C22H34N2O3S. The monoisotopic (exact) mass is 406 g/mol. The van der Waals surface area contributed by atoms with Crippen molar-refractivity contribution in [3.8, 4) is 0 Å². The van der Waals surface area contributed by atoms with Crippen molar-refractivity contribution in [1.29, 1.82) is 0 Å². The second-order valence-corrected chi connectivity index (χ2v) is 9.36. The number of ether oxygens (including phenoxy) is 1. The highest BCUT2D eigenvalue weighted by atomic mass is 32.1. The van der Waals surface area contributed by atoms with Gasteiger partial charge in [0.05, 0.1) is 12.5 Å². The van der Waals surface area contributed by atoms with E-state index in [1.165, 1.54) is 19.3 Å². The van der Waals surface area contributed by atoms with Crippen LogP contribution in [0.4, 0.5) is 0 Å². The van der Waals surface area contributed by atoms with E-state index in [1.807, 2.05) is 31.4 Å². The van der Waals surface area contributed by atoms with Gasteiger partial charge < -0.3 is 15.0 Å². The van der Waals surface area contributed by atoms with Gasteiger partial charge in [0, 0.05) is 24.1 Å². The minimum atomic E-state index is -0.849. The Hall–Kier alpha value is -1.40.